The molecule has 7 atom stereocenters. The molecule has 4 aliphatic carbocycles. The highest BCUT2D eigenvalue weighted by atomic mass is 16.6. The van der Waals surface area contributed by atoms with Crippen LogP contribution in [0.2, 0.25) is 0 Å². The van der Waals surface area contributed by atoms with Gasteiger partial charge in [0.1, 0.15) is 6.54 Å². The van der Waals surface area contributed by atoms with Crippen molar-refractivity contribution in [1.82, 2.24) is 0 Å². The Bertz CT molecular complexity index is 612. The van der Waals surface area contributed by atoms with Gasteiger partial charge in [0.2, 0.25) is 0 Å². The third kappa shape index (κ3) is 3.53. The molecule has 28 heavy (non-hydrogen) atoms. The van der Waals surface area contributed by atoms with Gasteiger partial charge in [0.25, 0.3) is 0 Å². The van der Waals surface area contributed by atoms with Gasteiger partial charge in [-0.05, 0) is 86.9 Å². The fraction of sp³-hybridized carbons (Fsp3) is 0.958. The molecular formula is C24H43N2O2+. The van der Waals surface area contributed by atoms with E-state index in [-0.39, 0.29) is 11.5 Å². The maximum Gasteiger partial charge on any atom is 0.165 e. The predicted octanol–water partition coefficient (Wildman–Crippen LogP) is 4.47. The molecule has 0 radical (unpaired) electrons. The van der Waals surface area contributed by atoms with E-state index in [1.54, 1.807) is 0 Å². The number of hydrogen-bond donors (Lipinski definition) is 1. The molecule has 0 saturated heterocycles. The van der Waals surface area contributed by atoms with Crippen LogP contribution in [0.15, 0.2) is 5.16 Å². The molecule has 4 rings (SSSR count). The van der Waals surface area contributed by atoms with Gasteiger partial charge in [-0.1, -0.05) is 19.0 Å². The number of quaternary nitrogens is 1. The summed E-state index contributed by atoms with van der Waals surface area (Å²) >= 11 is 0. The molecule has 0 aromatic heterocycles. The van der Waals surface area contributed by atoms with Crippen molar-refractivity contribution < 1.29 is 14.4 Å². The number of rotatable bonds is 4. The standard InChI is InChI=1S/C24H43N2O2/c1-23-12-10-18(27)16-17(23)6-7-19-20-8-9-22(24(20,2)13-11-21(19)23)25-28-15-14-26(3,4)5/h17-21,27H,6-16H2,1-5H3/q+1/b25-22-/t17-,18-,19-,20-,21-,23-,24-/m0/s1. The number of nitrogens with zero attached hydrogens (tertiary/aromatic N) is 2. The van der Waals surface area contributed by atoms with Crippen molar-refractivity contribution in [3.05, 3.63) is 0 Å². The second-order valence-electron chi connectivity index (χ2n) is 12.0. The lowest BCUT2D eigenvalue weighted by molar-refractivity contribution is -0.870. The zero-order valence-corrected chi connectivity index (χ0v) is 18.9. The Kier molecular flexibility index (Phi) is 5.36. The fourth-order valence-corrected chi connectivity index (χ4v) is 7.61. The minimum absolute atomic E-state index is 0.0439. The first-order valence-corrected chi connectivity index (χ1v) is 11.8. The van der Waals surface area contributed by atoms with Crippen molar-refractivity contribution in [3.63, 3.8) is 0 Å². The summed E-state index contributed by atoms with van der Waals surface area (Å²) in [7, 11) is 6.60. The monoisotopic (exact) mass is 391 g/mol. The van der Waals surface area contributed by atoms with Crippen molar-refractivity contribution in [2.24, 2.45) is 39.7 Å². The van der Waals surface area contributed by atoms with Crippen LogP contribution >= 0.6 is 0 Å². The van der Waals surface area contributed by atoms with E-state index in [0.717, 1.165) is 54.0 Å². The number of fused-ring (bicyclic) bond motifs is 5. The summed E-state index contributed by atoms with van der Waals surface area (Å²) in [5, 5.41) is 14.9. The van der Waals surface area contributed by atoms with E-state index in [0.29, 0.717) is 12.0 Å². The predicted molar refractivity (Wildman–Crippen MR) is 114 cm³/mol. The normalized spacial score (nSPS) is 47.4. The Morgan fingerprint density at radius 2 is 1.82 bits per heavy atom. The van der Waals surface area contributed by atoms with Crippen molar-refractivity contribution in [2.45, 2.75) is 77.7 Å². The topological polar surface area (TPSA) is 41.8 Å². The number of aliphatic hydroxyl groups is 1. The molecule has 0 spiro atoms. The second-order valence-corrected chi connectivity index (χ2v) is 12.0. The largest absolute Gasteiger partial charge is 0.393 e. The van der Waals surface area contributed by atoms with Gasteiger partial charge in [-0.15, -0.1) is 0 Å². The van der Waals surface area contributed by atoms with Crippen molar-refractivity contribution in [1.29, 1.82) is 0 Å². The molecule has 4 heteroatoms. The molecule has 0 amide bonds. The molecule has 0 aliphatic heterocycles. The average Bonchev–Trinajstić information content (AvgIpc) is 2.95. The Morgan fingerprint density at radius 3 is 2.57 bits per heavy atom. The van der Waals surface area contributed by atoms with Crippen LogP contribution in [-0.4, -0.2) is 55.7 Å². The van der Waals surface area contributed by atoms with Crippen LogP contribution in [-0.2, 0) is 4.84 Å². The molecule has 160 valence electrons. The summed E-state index contributed by atoms with van der Waals surface area (Å²) in [6.07, 6.45) is 11.0. The van der Waals surface area contributed by atoms with E-state index in [1.165, 1.54) is 44.2 Å². The van der Waals surface area contributed by atoms with Gasteiger partial charge in [-0.3, -0.25) is 0 Å². The average molecular weight is 392 g/mol. The van der Waals surface area contributed by atoms with Gasteiger partial charge < -0.3 is 14.4 Å². The lowest BCUT2D eigenvalue weighted by Gasteiger charge is -2.60. The molecule has 0 unspecified atom stereocenters. The number of aliphatic hydroxyl groups excluding tert-OH is 1. The van der Waals surface area contributed by atoms with Gasteiger partial charge in [-0.2, -0.15) is 0 Å². The Hall–Kier alpha value is -0.610. The maximum atomic E-state index is 10.2. The smallest absolute Gasteiger partial charge is 0.165 e. The Labute approximate surface area is 172 Å². The van der Waals surface area contributed by atoms with Gasteiger partial charge in [-0.25, -0.2) is 0 Å². The third-order valence-electron chi connectivity index (χ3n) is 9.41. The Balaban J connectivity index is 1.46. The zero-order chi connectivity index (χ0) is 20.2. The van der Waals surface area contributed by atoms with Gasteiger partial charge in [0.05, 0.1) is 33.0 Å². The quantitative estimate of drug-likeness (QED) is 0.436. The van der Waals surface area contributed by atoms with Crippen LogP contribution in [0.3, 0.4) is 0 Å². The maximum absolute atomic E-state index is 10.2. The SMILES string of the molecule is C[C@]12CC[C@H](O)C[C@@H]1CC[C@@H]1[C@@H]2CC[C@]2(C)/C(=N\OCC[N+](C)(C)C)CC[C@@H]12. The van der Waals surface area contributed by atoms with E-state index in [4.69, 9.17) is 9.99 Å². The second kappa shape index (κ2) is 7.27. The Morgan fingerprint density at radius 1 is 1.04 bits per heavy atom. The van der Waals surface area contributed by atoms with Gasteiger partial charge in [0.15, 0.2) is 6.61 Å². The highest BCUT2D eigenvalue weighted by Gasteiger charge is 2.59. The fourth-order valence-electron chi connectivity index (χ4n) is 7.61. The van der Waals surface area contributed by atoms with Crippen LogP contribution in [0, 0.1) is 34.5 Å². The lowest BCUT2D eigenvalue weighted by Crippen LogP contribution is -2.54. The molecule has 0 heterocycles. The van der Waals surface area contributed by atoms with Crippen LogP contribution in [0.25, 0.3) is 0 Å². The van der Waals surface area contributed by atoms with Gasteiger partial charge in [0, 0.05) is 5.41 Å². The molecule has 0 aromatic carbocycles. The van der Waals surface area contributed by atoms with E-state index >= 15 is 0 Å². The summed E-state index contributed by atoms with van der Waals surface area (Å²) in [6.45, 7) is 6.76. The number of likely N-dealkylation sites (N-methyl/N-ethyl adjacent to an activating group) is 1. The molecule has 4 nitrogen and oxygen atoms in total. The minimum Gasteiger partial charge on any atom is -0.393 e. The molecule has 4 saturated carbocycles. The first kappa shape index (κ1) is 20.7. The first-order chi connectivity index (χ1) is 13.1. The summed E-state index contributed by atoms with van der Waals surface area (Å²) in [5.41, 5.74) is 2.07. The molecule has 0 bridgehead atoms. The molecular weight excluding hydrogens is 348 g/mol. The third-order valence-corrected chi connectivity index (χ3v) is 9.41. The molecule has 0 aromatic rings. The van der Waals surface area contributed by atoms with Crippen molar-refractivity contribution in [2.75, 3.05) is 34.3 Å². The van der Waals surface area contributed by atoms with Crippen LogP contribution in [0.4, 0.5) is 0 Å². The van der Waals surface area contributed by atoms with E-state index < -0.39 is 0 Å². The van der Waals surface area contributed by atoms with Crippen LogP contribution < -0.4 is 0 Å². The van der Waals surface area contributed by atoms with Crippen LogP contribution in [0.5, 0.6) is 0 Å². The van der Waals surface area contributed by atoms with Crippen LogP contribution in [0.1, 0.15) is 71.6 Å². The highest BCUT2D eigenvalue weighted by Crippen LogP contribution is 2.65. The van der Waals surface area contributed by atoms with Crippen molar-refractivity contribution >= 4 is 5.71 Å². The van der Waals surface area contributed by atoms with E-state index in [1.807, 2.05) is 0 Å². The lowest BCUT2D eigenvalue weighted by atomic mass is 9.45. The van der Waals surface area contributed by atoms with E-state index in [9.17, 15) is 5.11 Å². The number of hydrogen-bond acceptors (Lipinski definition) is 3. The molecule has 4 fully saturated rings. The first-order valence-electron chi connectivity index (χ1n) is 11.8. The summed E-state index contributed by atoms with van der Waals surface area (Å²) in [4.78, 5) is 5.81. The minimum atomic E-state index is -0.0439. The van der Waals surface area contributed by atoms with Crippen molar-refractivity contribution in [3.8, 4) is 0 Å². The summed E-state index contributed by atoms with van der Waals surface area (Å²) < 4.78 is 0.920. The highest BCUT2D eigenvalue weighted by molar-refractivity contribution is 5.92. The summed E-state index contributed by atoms with van der Waals surface area (Å²) in [5.74, 6) is 3.25. The summed E-state index contributed by atoms with van der Waals surface area (Å²) in [6, 6.07) is 0. The zero-order valence-electron chi connectivity index (χ0n) is 18.9. The molecule has 1 N–H and O–H groups in total. The number of oxime groups is 1. The van der Waals surface area contributed by atoms with E-state index in [2.05, 4.69) is 35.0 Å². The van der Waals surface area contributed by atoms with Gasteiger partial charge >= 0.3 is 0 Å². The molecule has 4 aliphatic rings.